The summed E-state index contributed by atoms with van der Waals surface area (Å²) < 4.78 is 0. The van der Waals surface area contributed by atoms with Gasteiger partial charge in [0.1, 0.15) is 5.41 Å². The number of amides is 2. The lowest BCUT2D eigenvalue weighted by atomic mass is 10.0. The molecule has 4 nitrogen and oxygen atoms in total. The first kappa shape index (κ1) is 17.2. The van der Waals surface area contributed by atoms with Crippen LogP contribution in [0.3, 0.4) is 0 Å². The molecule has 0 unspecified atom stereocenters. The molecule has 0 aromatic heterocycles. The summed E-state index contributed by atoms with van der Waals surface area (Å²) in [5.41, 5.74) is 0.784. The Morgan fingerprint density at radius 1 is 0.760 bits per heavy atom. The number of rotatable bonds is 6. The van der Waals surface area contributed by atoms with Crippen molar-refractivity contribution in [2.24, 2.45) is 5.41 Å². The molecule has 0 heterocycles. The molecular weight excluding hydrogens is 312 g/mol. The number of hydrogen-bond acceptors (Lipinski definition) is 2. The van der Waals surface area contributed by atoms with Crippen LogP contribution in [0.2, 0.25) is 0 Å². The van der Waals surface area contributed by atoms with Gasteiger partial charge in [-0.2, -0.15) is 0 Å². The Morgan fingerprint density at radius 2 is 1.12 bits per heavy atom. The Morgan fingerprint density at radius 3 is 1.40 bits per heavy atom. The third-order valence-corrected chi connectivity index (χ3v) is 4.83. The molecule has 4 heteroatoms. The van der Waals surface area contributed by atoms with Gasteiger partial charge in [0.2, 0.25) is 11.8 Å². The van der Waals surface area contributed by atoms with Gasteiger partial charge in [0.25, 0.3) is 0 Å². The molecule has 1 aliphatic carbocycles. The fraction of sp³-hybridized carbons (Fsp3) is 0.333. The summed E-state index contributed by atoms with van der Waals surface area (Å²) >= 11 is 0. The number of benzene rings is 2. The molecule has 3 rings (SSSR count). The monoisotopic (exact) mass is 336 g/mol. The maximum atomic E-state index is 13.2. The Bertz CT molecular complexity index is 678. The second-order valence-corrected chi connectivity index (χ2v) is 6.35. The van der Waals surface area contributed by atoms with Crippen LogP contribution in [-0.4, -0.2) is 24.9 Å². The van der Waals surface area contributed by atoms with E-state index in [1.807, 2.05) is 74.5 Å². The zero-order chi connectivity index (χ0) is 17.9. The Balaban J connectivity index is 1.88. The van der Waals surface area contributed by atoms with Gasteiger partial charge >= 0.3 is 0 Å². The normalized spacial score (nSPS) is 14.6. The standard InChI is InChI=1S/C21H24N2O2/c1-3-22(17-11-7-5-8-12-17)19(24)21(15-16-21)20(25)23(4-2)18-13-9-6-10-14-18/h5-14H,3-4,15-16H2,1-2H3. The summed E-state index contributed by atoms with van der Waals surface area (Å²) in [6.07, 6.45) is 1.24. The number of carbonyl (C=O) groups is 2. The zero-order valence-electron chi connectivity index (χ0n) is 14.8. The van der Waals surface area contributed by atoms with Gasteiger partial charge in [-0.1, -0.05) is 36.4 Å². The predicted octanol–water partition coefficient (Wildman–Crippen LogP) is 3.87. The van der Waals surface area contributed by atoms with Gasteiger partial charge in [-0.05, 0) is 51.0 Å². The van der Waals surface area contributed by atoms with Crippen molar-refractivity contribution >= 4 is 23.2 Å². The average molecular weight is 336 g/mol. The van der Waals surface area contributed by atoms with Crippen molar-refractivity contribution in [3.05, 3.63) is 60.7 Å². The van der Waals surface area contributed by atoms with Crippen molar-refractivity contribution in [3.63, 3.8) is 0 Å². The van der Waals surface area contributed by atoms with Crippen LogP contribution < -0.4 is 9.80 Å². The highest BCUT2D eigenvalue weighted by Crippen LogP contribution is 2.49. The van der Waals surface area contributed by atoms with E-state index in [0.29, 0.717) is 25.9 Å². The van der Waals surface area contributed by atoms with Crippen molar-refractivity contribution in [2.75, 3.05) is 22.9 Å². The van der Waals surface area contributed by atoms with E-state index in [2.05, 4.69) is 0 Å². The minimum absolute atomic E-state index is 0.0828. The maximum absolute atomic E-state index is 13.2. The summed E-state index contributed by atoms with van der Waals surface area (Å²) in [6.45, 7) is 4.99. The summed E-state index contributed by atoms with van der Waals surface area (Å²) in [5.74, 6) is -0.166. The molecule has 1 saturated carbocycles. The van der Waals surface area contributed by atoms with Crippen molar-refractivity contribution in [1.29, 1.82) is 0 Å². The van der Waals surface area contributed by atoms with Gasteiger partial charge in [-0.15, -0.1) is 0 Å². The lowest BCUT2D eigenvalue weighted by Crippen LogP contribution is -2.47. The van der Waals surface area contributed by atoms with Crippen LogP contribution in [0.4, 0.5) is 11.4 Å². The number of anilines is 2. The molecule has 1 fully saturated rings. The Labute approximate surface area is 149 Å². The molecule has 2 amide bonds. The third-order valence-electron chi connectivity index (χ3n) is 4.83. The fourth-order valence-corrected chi connectivity index (χ4v) is 3.26. The average Bonchev–Trinajstić information content (AvgIpc) is 3.46. The van der Waals surface area contributed by atoms with Gasteiger partial charge in [0.15, 0.2) is 0 Å². The van der Waals surface area contributed by atoms with Gasteiger partial charge in [0, 0.05) is 24.5 Å². The first-order chi connectivity index (χ1) is 12.1. The molecule has 0 saturated heterocycles. The fourth-order valence-electron chi connectivity index (χ4n) is 3.26. The van der Waals surface area contributed by atoms with E-state index >= 15 is 0 Å². The van der Waals surface area contributed by atoms with E-state index in [-0.39, 0.29) is 11.8 Å². The van der Waals surface area contributed by atoms with E-state index in [9.17, 15) is 9.59 Å². The van der Waals surface area contributed by atoms with Gasteiger partial charge in [-0.3, -0.25) is 9.59 Å². The quantitative estimate of drug-likeness (QED) is 0.751. The highest BCUT2D eigenvalue weighted by atomic mass is 16.2. The molecule has 0 atom stereocenters. The highest BCUT2D eigenvalue weighted by Gasteiger charge is 2.59. The second kappa shape index (κ2) is 7.09. The van der Waals surface area contributed by atoms with Crippen LogP contribution in [-0.2, 0) is 9.59 Å². The van der Waals surface area contributed by atoms with Crippen LogP contribution in [0.1, 0.15) is 26.7 Å². The molecule has 25 heavy (non-hydrogen) atoms. The number of para-hydroxylation sites is 2. The largest absolute Gasteiger partial charge is 0.312 e. The first-order valence-corrected chi connectivity index (χ1v) is 8.88. The third kappa shape index (κ3) is 3.16. The molecule has 0 N–H and O–H groups in total. The molecule has 130 valence electrons. The summed E-state index contributed by atoms with van der Waals surface area (Å²) in [7, 11) is 0. The molecule has 2 aromatic rings. The van der Waals surface area contributed by atoms with E-state index < -0.39 is 5.41 Å². The second-order valence-electron chi connectivity index (χ2n) is 6.35. The van der Waals surface area contributed by atoms with Crippen LogP contribution in [0.15, 0.2) is 60.7 Å². The van der Waals surface area contributed by atoms with E-state index in [0.717, 1.165) is 11.4 Å². The van der Waals surface area contributed by atoms with E-state index in [1.165, 1.54) is 0 Å². The topological polar surface area (TPSA) is 40.6 Å². The van der Waals surface area contributed by atoms with Crippen molar-refractivity contribution in [2.45, 2.75) is 26.7 Å². The minimum Gasteiger partial charge on any atom is -0.312 e. The van der Waals surface area contributed by atoms with Gasteiger partial charge in [-0.25, -0.2) is 0 Å². The van der Waals surface area contributed by atoms with E-state index in [4.69, 9.17) is 0 Å². The zero-order valence-corrected chi connectivity index (χ0v) is 14.8. The first-order valence-electron chi connectivity index (χ1n) is 8.88. The highest BCUT2D eigenvalue weighted by molar-refractivity contribution is 6.18. The number of carbonyl (C=O) groups excluding carboxylic acids is 2. The summed E-state index contributed by atoms with van der Waals surface area (Å²) in [5, 5.41) is 0. The summed E-state index contributed by atoms with van der Waals surface area (Å²) in [6, 6.07) is 19.1. The maximum Gasteiger partial charge on any atom is 0.242 e. The molecule has 0 spiro atoms. The molecule has 1 aliphatic rings. The number of hydrogen-bond donors (Lipinski definition) is 0. The molecule has 0 bridgehead atoms. The number of nitrogens with zero attached hydrogens (tertiary/aromatic N) is 2. The van der Waals surface area contributed by atoms with Crippen LogP contribution in [0.5, 0.6) is 0 Å². The van der Waals surface area contributed by atoms with E-state index in [1.54, 1.807) is 9.80 Å². The van der Waals surface area contributed by atoms with Gasteiger partial charge < -0.3 is 9.80 Å². The van der Waals surface area contributed by atoms with Crippen LogP contribution in [0.25, 0.3) is 0 Å². The molecule has 0 radical (unpaired) electrons. The lowest BCUT2D eigenvalue weighted by molar-refractivity contribution is -0.134. The van der Waals surface area contributed by atoms with Crippen molar-refractivity contribution in [3.8, 4) is 0 Å². The summed E-state index contributed by atoms with van der Waals surface area (Å²) in [4.78, 5) is 29.9. The van der Waals surface area contributed by atoms with Crippen LogP contribution >= 0.6 is 0 Å². The van der Waals surface area contributed by atoms with Crippen molar-refractivity contribution in [1.82, 2.24) is 0 Å². The molecular formula is C21H24N2O2. The molecule has 2 aromatic carbocycles. The molecule has 0 aliphatic heterocycles. The minimum atomic E-state index is -0.905. The smallest absolute Gasteiger partial charge is 0.242 e. The predicted molar refractivity (Wildman–Crippen MR) is 101 cm³/mol. The van der Waals surface area contributed by atoms with Crippen LogP contribution in [0, 0.1) is 5.41 Å². The lowest BCUT2D eigenvalue weighted by Gasteiger charge is -2.30. The Kier molecular flexibility index (Phi) is 4.88. The Hall–Kier alpha value is -2.62. The van der Waals surface area contributed by atoms with Crippen molar-refractivity contribution < 1.29 is 9.59 Å². The SMILES string of the molecule is CCN(C(=O)C1(C(=O)N(CC)c2ccccc2)CC1)c1ccccc1. The van der Waals surface area contributed by atoms with Gasteiger partial charge in [0.05, 0.1) is 0 Å².